The summed E-state index contributed by atoms with van der Waals surface area (Å²) < 4.78 is 0. The van der Waals surface area contributed by atoms with Gasteiger partial charge in [0.25, 0.3) is 0 Å². The van der Waals surface area contributed by atoms with Crippen molar-refractivity contribution in [3.05, 3.63) is 0 Å². The fourth-order valence-electron chi connectivity index (χ4n) is 2.09. The molecule has 0 spiro atoms. The second kappa shape index (κ2) is 11.4. The highest BCUT2D eigenvalue weighted by molar-refractivity contribution is 4.64. The third-order valence-electron chi connectivity index (χ3n) is 3.22. The number of nitrogens with zero attached hydrogens (tertiary/aromatic N) is 1. The van der Waals surface area contributed by atoms with E-state index in [0.29, 0.717) is 0 Å². The molecular weight excluding hydrogens is 196 g/mol. The van der Waals surface area contributed by atoms with E-state index in [1.165, 1.54) is 51.6 Å². The van der Waals surface area contributed by atoms with E-state index in [9.17, 15) is 0 Å². The number of rotatable bonds is 11. The van der Waals surface area contributed by atoms with Crippen molar-refractivity contribution in [2.45, 2.75) is 65.3 Å². The minimum Gasteiger partial charge on any atom is -0.314 e. The SMILES string of the molecule is CCCCCN(C)CCCC(CC)NCC. The summed E-state index contributed by atoms with van der Waals surface area (Å²) in [5, 5.41) is 3.54. The molecule has 1 unspecified atom stereocenters. The Bertz CT molecular complexity index is 137. The summed E-state index contributed by atoms with van der Waals surface area (Å²) in [5.41, 5.74) is 0. The zero-order valence-electron chi connectivity index (χ0n) is 11.9. The van der Waals surface area contributed by atoms with E-state index in [2.05, 4.69) is 38.0 Å². The monoisotopic (exact) mass is 228 g/mol. The third kappa shape index (κ3) is 9.17. The van der Waals surface area contributed by atoms with Crippen molar-refractivity contribution < 1.29 is 0 Å². The lowest BCUT2D eigenvalue weighted by Crippen LogP contribution is -2.29. The summed E-state index contributed by atoms with van der Waals surface area (Å²) in [6, 6.07) is 0.731. The van der Waals surface area contributed by atoms with E-state index in [0.717, 1.165) is 12.6 Å². The number of hydrogen-bond acceptors (Lipinski definition) is 2. The second-order valence-electron chi connectivity index (χ2n) is 4.82. The fraction of sp³-hybridized carbons (Fsp3) is 1.00. The van der Waals surface area contributed by atoms with Gasteiger partial charge in [0.05, 0.1) is 0 Å². The van der Waals surface area contributed by atoms with E-state index in [1.54, 1.807) is 0 Å². The predicted octanol–water partition coefficient (Wildman–Crippen LogP) is 3.28. The van der Waals surface area contributed by atoms with Crippen LogP contribution in [0.3, 0.4) is 0 Å². The summed E-state index contributed by atoms with van der Waals surface area (Å²) in [4.78, 5) is 2.48. The summed E-state index contributed by atoms with van der Waals surface area (Å²) in [6.45, 7) is 10.4. The molecule has 0 radical (unpaired) electrons. The molecule has 0 aliphatic carbocycles. The lowest BCUT2D eigenvalue weighted by Gasteiger charge is -2.19. The van der Waals surface area contributed by atoms with Crippen LogP contribution in [0.25, 0.3) is 0 Å². The number of nitrogens with one attached hydrogen (secondary N) is 1. The molecule has 0 aromatic carbocycles. The predicted molar refractivity (Wildman–Crippen MR) is 74.0 cm³/mol. The Hall–Kier alpha value is -0.0800. The molecule has 0 saturated carbocycles. The van der Waals surface area contributed by atoms with Crippen LogP contribution in [0.15, 0.2) is 0 Å². The normalized spacial score (nSPS) is 13.3. The van der Waals surface area contributed by atoms with Crippen LogP contribution >= 0.6 is 0 Å². The molecule has 0 heterocycles. The van der Waals surface area contributed by atoms with Gasteiger partial charge >= 0.3 is 0 Å². The van der Waals surface area contributed by atoms with Gasteiger partial charge in [-0.25, -0.2) is 0 Å². The molecule has 0 fully saturated rings. The highest BCUT2D eigenvalue weighted by atomic mass is 15.1. The molecule has 0 rings (SSSR count). The molecule has 1 atom stereocenters. The van der Waals surface area contributed by atoms with Gasteiger partial charge in [-0.15, -0.1) is 0 Å². The highest BCUT2D eigenvalue weighted by Gasteiger charge is 2.04. The highest BCUT2D eigenvalue weighted by Crippen LogP contribution is 2.03. The largest absolute Gasteiger partial charge is 0.314 e. The van der Waals surface area contributed by atoms with Crippen molar-refractivity contribution >= 4 is 0 Å². The molecule has 1 N–H and O–H groups in total. The molecule has 0 amide bonds. The molecule has 0 saturated heterocycles. The minimum absolute atomic E-state index is 0.731. The van der Waals surface area contributed by atoms with E-state index in [-0.39, 0.29) is 0 Å². The van der Waals surface area contributed by atoms with Crippen molar-refractivity contribution in [2.75, 3.05) is 26.7 Å². The fourth-order valence-corrected chi connectivity index (χ4v) is 2.09. The first-order valence-electron chi connectivity index (χ1n) is 7.16. The third-order valence-corrected chi connectivity index (χ3v) is 3.22. The summed E-state index contributed by atoms with van der Waals surface area (Å²) in [6.07, 6.45) is 7.97. The van der Waals surface area contributed by atoms with Crippen molar-refractivity contribution in [1.29, 1.82) is 0 Å². The van der Waals surface area contributed by atoms with E-state index in [1.807, 2.05) is 0 Å². The minimum atomic E-state index is 0.731. The van der Waals surface area contributed by atoms with Crippen LogP contribution in [0.5, 0.6) is 0 Å². The maximum absolute atomic E-state index is 3.54. The number of unbranched alkanes of at least 4 members (excludes halogenated alkanes) is 2. The maximum atomic E-state index is 3.54. The Balaban J connectivity index is 3.40. The summed E-state index contributed by atoms with van der Waals surface area (Å²) in [5.74, 6) is 0. The zero-order chi connectivity index (χ0) is 12.2. The van der Waals surface area contributed by atoms with Crippen molar-refractivity contribution in [3.63, 3.8) is 0 Å². The maximum Gasteiger partial charge on any atom is 0.00647 e. The summed E-state index contributed by atoms with van der Waals surface area (Å²) >= 11 is 0. The molecule has 98 valence electrons. The first-order chi connectivity index (χ1) is 7.74. The Morgan fingerprint density at radius 1 is 1.00 bits per heavy atom. The van der Waals surface area contributed by atoms with E-state index >= 15 is 0 Å². The van der Waals surface area contributed by atoms with Gasteiger partial charge in [-0.2, -0.15) is 0 Å². The average molecular weight is 228 g/mol. The quantitative estimate of drug-likeness (QED) is 0.546. The van der Waals surface area contributed by atoms with E-state index in [4.69, 9.17) is 0 Å². The van der Waals surface area contributed by atoms with Gasteiger partial charge < -0.3 is 10.2 Å². The first-order valence-corrected chi connectivity index (χ1v) is 7.16. The van der Waals surface area contributed by atoms with Gasteiger partial charge in [0.1, 0.15) is 0 Å². The first kappa shape index (κ1) is 15.9. The van der Waals surface area contributed by atoms with Crippen molar-refractivity contribution in [2.24, 2.45) is 0 Å². The lowest BCUT2D eigenvalue weighted by atomic mass is 10.1. The van der Waals surface area contributed by atoms with Gasteiger partial charge in [0, 0.05) is 6.04 Å². The Morgan fingerprint density at radius 2 is 1.69 bits per heavy atom. The standard InChI is InChI=1S/C14H32N2/c1-5-8-9-12-16(4)13-10-11-14(6-2)15-7-3/h14-15H,5-13H2,1-4H3. The van der Waals surface area contributed by atoms with Gasteiger partial charge in [0.15, 0.2) is 0 Å². The smallest absolute Gasteiger partial charge is 0.00647 e. The molecule has 0 aliphatic rings. The topological polar surface area (TPSA) is 15.3 Å². The zero-order valence-corrected chi connectivity index (χ0v) is 11.9. The van der Waals surface area contributed by atoms with Crippen LogP contribution in [-0.4, -0.2) is 37.6 Å². The van der Waals surface area contributed by atoms with Gasteiger partial charge in [-0.3, -0.25) is 0 Å². The molecule has 0 aliphatic heterocycles. The molecule has 2 nitrogen and oxygen atoms in total. The van der Waals surface area contributed by atoms with Gasteiger partial charge in [-0.05, 0) is 52.4 Å². The van der Waals surface area contributed by atoms with Crippen LogP contribution in [0.1, 0.15) is 59.3 Å². The summed E-state index contributed by atoms with van der Waals surface area (Å²) in [7, 11) is 2.25. The molecular formula is C14H32N2. The molecule has 16 heavy (non-hydrogen) atoms. The van der Waals surface area contributed by atoms with Gasteiger partial charge in [0.2, 0.25) is 0 Å². The Labute approximate surface area is 103 Å². The Morgan fingerprint density at radius 3 is 2.25 bits per heavy atom. The average Bonchev–Trinajstić information content (AvgIpc) is 2.28. The van der Waals surface area contributed by atoms with Crippen LogP contribution in [0, 0.1) is 0 Å². The Kier molecular flexibility index (Phi) is 11.3. The second-order valence-corrected chi connectivity index (χ2v) is 4.82. The molecule has 0 aromatic heterocycles. The van der Waals surface area contributed by atoms with Crippen molar-refractivity contribution in [1.82, 2.24) is 10.2 Å². The van der Waals surface area contributed by atoms with Crippen LogP contribution in [0.2, 0.25) is 0 Å². The number of hydrogen-bond donors (Lipinski definition) is 1. The van der Waals surface area contributed by atoms with Gasteiger partial charge in [-0.1, -0.05) is 33.6 Å². The van der Waals surface area contributed by atoms with Crippen LogP contribution < -0.4 is 5.32 Å². The molecule has 0 bridgehead atoms. The van der Waals surface area contributed by atoms with E-state index < -0.39 is 0 Å². The van der Waals surface area contributed by atoms with Crippen LogP contribution in [0.4, 0.5) is 0 Å². The van der Waals surface area contributed by atoms with Crippen molar-refractivity contribution in [3.8, 4) is 0 Å². The molecule has 2 heteroatoms. The lowest BCUT2D eigenvalue weighted by molar-refractivity contribution is 0.307. The molecule has 0 aromatic rings. The van der Waals surface area contributed by atoms with Crippen LogP contribution in [-0.2, 0) is 0 Å².